The van der Waals surface area contributed by atoms with Gasteiger partial charge in [-0.1, -0.05) is 48.5 Å². The van der Waals surface area contributed by atoms with Crippen LogP contribution < -0.4 is 0 Å². The molecule has 8 heterocycles. The molecule has 0 spiro atoms. The van der Waals surface area contributed by atoms with Crippen LogP contribution in [0.5, 0.6) is 0 Å². The van der Waals surface area contributed by atoms with Crippen molar-refractivity contribution in [2.45, 2.75) is 50.2 Å². The van der Waals surface area contributed by atoms with E-state index in [1.54, 1.807) is 22.0 Å². The number of rotatable bonds is 2. The summed E-state index contributed by atoms with van der Waals surface area (Å²) in [4.78, 5) is 8.51. The van der Waals surface area contributed by atoms with Gasteiger partial charge in [-0.3, -0.25) is 9.36 Å². The predicted octanol–water partition coefficient (Wildman–Crippen LogP) is 5.08. The minimum absolute atomic E-state index is 0.0262. The summed E-state index contributed by atoms with van der Waals surface area (Å²) < 4.78 is 35.4. The lowest BCUT2D eigenvalue weighted by Crippen LogP contribution is -2.31. The van der Waals surface area contributed by atoms with Crippen LogP contribution in [0.2, 0.25) is 0 Å². The lowest BCUT2D eigenvalue weighted by molar-refractivity contribution is 0.0490. The van der Waals surface area contributed by atoms with E-state index in [0.29, 0.717) is 24.5 Å². The summed E-state index contributed by atoms with van der Waals surface area (Å²) in [5.41, 5.74) is 7.32. The fourth-order valence-electron chi connectivity index (χ4n) is 8.23. The molecule has 10 nitrogen and oxygen atoms in total. The molecule has 0 saturated carbocycles. The molecule has 12 heteroatoms. The van der Waals surface area contributed by atoms with E-state index in [1.165, 1.54) is 23.5 Å². The monoisotopic (exact) mass is 620 g/mol. The first-order valence-corrected chi connectivity index (χ1v) is 15.5. The van der Waals surface area contributed by atoms with Crippen molar-refractivity contribution in [2.75, 3.05) is 0 Å². The van der Waals surface area contributed by atoms with Gasteiger partial charge in [0, 0.05) is 36.1 Å². The number of aliphatic hydroxyl groups excluding tert-OH is 2. The van der Waals surface area contributed by atoms with E-state index < -0.39 is 23.8 Å². The Labute approximate surface area is 262 Å². The third-order valence-corrected chi connectivity index (χ3v) is 10.2. The number of hydrogen-bond donors (Lipinski definition) is 2. The fraction of sp³-hybridized carbons (Fsp3) is 0.294. The van der Waals surface area contributed by atoms with Gasteiger partial charge in [-0.05, 0) is 24.0 Å². The number of halogens is 2. The van der Waals surface area contributed by atoms with Crippen molar-refractivity contribution in [1.82, 2.24) is 38.7 Å². The van der Waals surface area contributed by atoms with Gasteiger partial charge in [-0.2, -0.15) is 10.2 Å². The molecule has 6 atom stereocenters. The lowest BCUT2D eigenvalue weighted by Gasteiger charge is -2.34. The first-order valence-electron chi connectivity index (χ1n) is 15.5. The SMILES string of the molecule is O[C@@H]1c2c(F)cnn2CC[C@@H]1[C@@H]1c2ccccc2-c2cncn21.O[C@H]1c2c(F)cnn2CC[C@H]1[C@H]1c2ccccc2-c2cncn21. The molecule has 0 radical (unpaired) electrons. The molecule has 0 bridgehead atoms. The number of nitrogens with zero attached hydrogens (tertiary/aromatic N) is 8. The van der Waals surface area contributed by atoms with E-state index in [2.05, 4.69) is 53.6 Å². The summed E-state index contributed by atoms with van der Waals surface area (Å²) >= 11 is 0. The summed E-state index contributed by atoms with van der Waals surface area (Å²) in [6.45, 7) is 1.23. The van der Waals surface area contributed by atoms with Crippen molar-refractivity contribution >= 4 is 0 Å². The van der Waals surface area contributed by atoms with Gasteiger partial charge in [0.15, 0.2) is 11.6 Å². The summed E-state index contributed by atoms with van der Waals surface area (Å²) in [6, 6.07) is 16.3. The Morgan fingerprint density at radius 2 is 1.04 bits per heavy atom. The van der Waals surface area contributed by atoms with Crippen molar-refractivity contribution in [1.29, 1.82) is 0 Å². The largest absolute Gasteiger partial charge is 0.386 e. The molecule has 232 valence electrons. The zero-order valence-electron chi connectivity index (χ0n) is 24.6. The molecule has 0 saturated heterocycles. The summed E-state index contributed by atoms with van der Waals surface area (Å²) in [7, 11) is 0. The Bertz CT molecular complexity index is 1950. The minimum Gasteiger partial charge on any atom is -0.386 e. The zero-order valence-corrected chi connectivity index (χ0v) is 24.6. The molecule has 10 rings (SSSR count). The molecular weight excluding hydrogens is 590 g/mol. The second-order valence-electron chi connectivity index (χ2n) is 12.4. The number of imidazole rings is 2. The number of aryl methyl sites for hydroxylation is 2. The second kappa shape index (κ2) is 10.3. The van der Waals surface area contributed by atoms with Crippen molar-refractivity contribution in [3.63, 3.8) is 0 Å². The van der Waals surface area contributed by atoms with Crippen LogP contribution >= 0.6 is 0 Å². The van der Waals surface area contributed by atoms with Crippen LogP contribution in [0.15, 0.2) is 86.0 Å². The summed E-state index contributed by atoms with van der Waals surface area (Å²) in [5.74, 6) is -1.07. The molecule has 2 N–H and O–H groups in total. The molecule has 0 fully saturated rings. The number of benzene rings is 2. The molecule has 46 heavy (non-hydrogen) atoms. The van der Waals surface area contributed by atoms with Crippen molar-refractivity contribution in [3.8, 4) is 22.5 Å². The first kappa shape index (κ1) is 27.4. The number of aliphatic hydroxyl groups is 2. The highest BCUT2D eigenvalue weighted by atomic mass is 19.1. The highest BCUT2D eigenvalue weighted by Crippen LogP contribution is 2.50. The highest BCUT2D eigenvalue weighted by molar-refractivity contribution is 5.70. The molecule has 0 unspecified atom stereocenters. The Balaban J connectivity index is 0.000000127. The third kappa shape index (κ3) is 3.86. The van der Waals surface area contributed by atoms with Gasteiger partial charge in [-0.25, -0.2) is 18.7 Å². The van der Waals surface area contributed by atoms with Gasteiger partial charge in [0.1, 0.15) is 23.6 Å². The number of fused-ring (bicyclic) bond motifs is 8. The van der Waals surface area contributed by atoms with Crippen molar-refractivity contribution < 1.29 is 19.0 Å². The van der Waals surface area contributed by atoms with Crippen LogP contribution in [0.1, 0.15) is 59.6 Å². The Kier molecular flexibility index (Phi) is 6.13. The molecule has 6 aromatic rings. The van der Waals surface area contributed by atoms with Gasteiger partial charge >= 0.3 is 0 Å². The Hall–Kier alpha value is -4.94. The van der Waals surface area contributed by atoms with Gasteiger partial charge in [0.25, 0.3) is 0 Å². The van der Waals surface area contributed by atoms with Crippen LogP contribution in [0.4, 0.5) is 8.78 Å². The van der Waals surface area contributed by atoms with Gasteiger partial charge < -0.3 is 19.3 Å². The molecule has 4 aliphatic heterocycles. The van der Waals surface area contributed by atoms with Crippen LogP contribution in [0, 0.1) is 23.5 Å². The van der Waals surface area contributed by atoms with Gasteiger partial charge in [-0.15, -0.1) is 0 Å². The lowest BCUT2D eigenvalue weighted by atomic mass is 9.83. The first-order chi connectivity index (χ1) is 22.5. The normalized spacial score (nSPS) is 25.0. The van der Waals surface area contributed by atoms with Crippen LogP contribution in [0.3, 0.4) is 0 Å². The average Bonchev–Trinajstić information content (AvgIpc) is 3.91. The van der Waals surface area contributed by atoms with E-state index >= 15 is 0 Å². The van der Waals surface area contributed by atoms with Crippen molar-refractivity contribution in [3.05, 3.63) is 120 Å². The van der Waals surface area contributed by atoms with Crippen molar-refractivity contribution in [2.24, 2.45) is 11.8 Å². The molecule has 0 aliphatic carbocycles. The quantitative estimate of drug-likeness (QED) is 0.279. The van der Waals surface area contributed by atoms with E-state index in [1.807, 2.05) is 36.7 Å². The van der Waals surface area contributed by atoms with Crippen LogP contribution in [0.25, 0.3) is 22.5 Å². The smallest absolute Gasteiger partial charge is 0.166 e. The van der Waals surface area contributed by atoms with E-state index in [9.17, 15) is 19.0 Å². The van der Waals surface area contributed by atoms with Crippen LogP contribution in [-0.2, 0) is 13.1 Å². The Morgan fingerprint density at radius 3 is 1.50 bits per heavy atom. The number of aromatic nitrogens is 8. The third-order valence-electron chi connectivity index (χ3n) is 10.2. The van der Waals surface area contributed by atoms with Crippen LogP contribution in [-0.4, -0.2) is 48.9 Å². The maximum Gasteiger partial charge on any atom is 0.166 e. The standard InChI is InChI=1S/2C17H15FN4O/c2*18-13-7-20-22-6-5-12(17(23)16(13)22)15-11-4-2-1-3-10(11)14-8-19-9-21(14)15/h2*1-4,7-9,12,15,17,23H,5-6H2/t2*12-,15+,17+/m10/s1. The minimum atomic E-state index is -0.877. The topological polar surface area (TPSA) is 112 Å². The average molecular weight is 621 g/mol. The fourth-order valence-corrected chi connectivity index (χ4v) is 8.23. The molecule has 4 aliphatic rings. The molecular formula is C34H30F2N8O2. The van der Waals surface area contributed by atoms with E-state index in [0.717, 1.165) is 35.4 Å². The van der Waals surface area contributed by atoms with Gasteiger partial charge in [0.2, 0.25) is 0 Å². The van der Waals surface area contributed by atoms with Gasteiger partial charge in [0.05, 0.1) is 60.9 Å². The van der Waals surface area contributed by atoms with E-state index in [-0.39, 0.29) is 23.9 Å². The summed E-state index contributed by atoms with van der Waals surface area (Å²) in [5, 5.41) is 29.6. The van der Waals surface area contributed by atoms with E-state index in [4.69, 9.17) is 0 Å². The maximum absolute atomic E-state index is 14.0. The number of hydrogen-bond acceptors (Lipinski definition) is 6. The molecule has 4 aromatic heterocycles. The highest BCUT2D eigenvalue weighted by Gasteiger charge is 2.43. The second-order valence-corrected chi connectivity index (χ2v) is 12.4. The maximum atomic E-state index is 14.0. The Morgan fingerprint density at radius 1 is 0.609 bits per heavy atom. The molecule has 2 aromatic carbocycles. The zero-order chi connectivity index (χ0) is 31.1. The molecule has 0 amide bonds. The summed E-state index contributed by atoms with van der Waals surface area (Å²) in [6.07, 6.45) is 9.40. The predicted molar refractivity (Wildman–Crippen MR) is 162 cm³/mol.